The van der Waals surface area contributed by atoms with E-state index >= 15 is 0 Å². The molecule has 1 N–H and O–H groups in total. The normalized spacial score (nSPS) is 14.8. The summed E-state index contributed by atoms with van der Waals surface area (Å²) in [6.45, 7) is 1.81. The maximum atomic E-state index is 11.7. The number of benzene rings is 1. The molecule has 0 saturated carbocycles. The van der Waals surface area contributed by atoms with E-state index in [2.05, 4.69) is 10.3 Å². The third kappa shape index (κ3) is 4.96. The first-order valence-corrected chi connectivity index (χ1v) is 8.00. The molecular weight excluding hydrogens is 308 g/mol. The van der Waals surface area contributed by atoms with Crippen molar-refractivity contribution in [3.8, 4) is 11.6 Å². The predicted octanol–water partition coefficient (Wildman–Crippen LogP) is 2.93. The second-order valence-electron chi connectivity index (χ2n) is 5.49. The molecule has 6 heteroatoms. The lowest BCUT2D eigenvalue weighted by molar-refractivity contribution is 0.0237. The second kappa shape index (κ2) is 8.31. The summed E-state index contributed by atoms with van der Waals surface area (Å²) in [5.74, 6) is 1.10. The predicted molar refractivity (Wildman–Crippen MR) is 88.0 cm³/mol. The smallest absolute Gasteiger partial charge is 0.412 e. The highest BCUT2D eigenvalue weighted by Crippen LogP contribution is 2.16. The van der Waals surface area contributed by atoms with E-state index in [4.69, 9.17) is 14.2 Å². The number of hydrogen-bond acceptors (Lipinski definition) is 5. The number of aromatic nitrogens is 1. The van der Waals surface area contributed by atoms with Crippen LogP contribution in [-0.4, -0.2) is 30.4 Å². The SMILES string of the molecule is O=C(NCc1ccc(OC2CCOCC2)nc1)Oc1ccccc1. The molecule has 0 aliphatic carbocycles. The summed E-state index contributed by atoms with van der Waals surface area (Å²) >= 11 is 0. The van der Waals surface area contributed by atoms with Gasteiger partial charge in [-0.15, -0.1) is 0 Å². The number of rotatable bonds is 5. The first-order chi connectivity index (χ1) is 11.8. The van der Waals surface area contributed by atoms with Crippen molar-refractivity contribution in [2.45, 2.75) is 25.5 Å². The zero-order valence-corrected chi connectivity index (χ0v) is 13.3. The van der Waals surface area contributed by atoms with Gasteiger partial charge in [-0.1, -0.05) is 24.3 Å². The monoisotopic (exact) mass is 328 g/mol. The van der Waals surface area contributed by atoms with E-state index < -0.39 is 6.09 Å². The molecule has 126 valence electrons. The van der Waals surface area contributed by atoms with Crippen LogP contribution in [0.25, 0.3) is 0 Å². The van der Waals surface area contributed by atoms with E-state index in [1.165, 1.54) is 0 Å². The zero-order valence-electron chi connectivity index (χ0n) is 13.3. The van der Waals surface area contributed by atoms with Crippen molar-refractivity contribution < 1.29 is 19.0 Å². The van der Waals surface area contributed by atoms with Gasteiger partial charge in [0, 0.05) is 31.6 Å². The van der Waals surface area contributed by atoms with Crippen LogP contribution in [0.5, 0.6) is 11.6 Å². The van der Waals surface area contributed by atoms with Crippen molar-refractivity contribution in [2.24, 2.45) is 0 Å². The van der Waals surface area contributed by atoms with Crippen LogP contribution in [0.15, 0.2) is 48.7 Å². The Hall–Kier alpha value is -2.60. The number of ether oxygens (including phenoxy) is 3. The molecule has 1 aliphatic heterocycles. The van der Waals surface area contributed by atoms with Crippen LogP contribution in [0.2, 0.25) is 0 Å². The van der Waals surface area contributed by atoms with Crippen LogP contribution in [0.1, 0.15) is 18.4 Å². The van der Waals surface area contributed by atoms with Crippen LogP contribution >= 0.6 is 0 Å². The largest absolute Gasteiger partial charge is 0.474 e. The molecule has 1 fully saturated rings. The number of amides is 1. The fourth-order valence-corrected chi connectivity index (χ4v) is 2.36. The van der Waals surface area contributed by atoms with Gasteiger partial charge >= 0.3 is 6.09 Å². The van der Waals surface area contributed by atoms with E-state index in [0.29, 0.717) is 18.2 Å². The molecule has 1 aromatic heterocycles. The fraction of sp³-hybridized carbons (Fsp3) is 0.333. The minimum Gasteiger partial charge on any atom is -0.474 e. The summed E-state index contributed by atoms with van der Waals surface area (Å²) in [6.07, 6.45) is 3.13. The Labute approximate surface area is 140 Å². The number of pyridine rings is 1. The number of para-hydroxylation sites is 1. The molecule has 0 radical (unpaired) electrons. The van der Waals surface area contributed by atoms with E-state index in [-0.39, 0.29) is 6.10 Å². The van der Waals surface area contributed by atoms with Gasteiger partial charge < -0.3 is 19.5 Å². The standard InChI is InChI=1S/C18H20N2O4/c21-18(24-15-4-2-1-3-5-15)20-13-14-6-7-17(19-12-14)23-16-8-10-22-11-9-16/h1-7,12,16H,8-11,13H2,(H,20,21). The van der Waals surface area contributed by atoms with Crippen LogP contribution in [0, 0.1) is 0 Å². The van der Waals surface area contributed by atoms with Crippen molar-refractivity contribution in [1.29, 1.82) is 0 Å². The molecule has 2 aromatic rings. The average molecular weight is 328 g/mol. The number of hydrogen-bond donors (Lipinski definition) is 1. The highest BCUT2D eigenvalue weighted by molar-refractivity contribution is 5.70. The van der Waals surface area contributed by atoms with Crippen molar-refractivity contribution in [3.63, 3.8) is 0 Å². The summed E-state index contributed by atoms with van der Waals surface area (Å²) in [5, 5.41) is 2.69. The number of nitrogens with zero attached hydrogens (tertiary/aromatic N) is 1. The van der Waals surface area contributed by atoms with Crippen LogP contribution < -0.4 is 14.8 Å². The lowest BCUT2D eigenvalue weighted by Crippen LogP contribution is -2.27. The Morgan fingerprint density at radius 2 is 1.96 bits per heavy atom. The number of nitrogens with one attached hydrogen (secondary N) is 1. The lowest BCUT2D eigenvalue weighted by Gasteiger charge is -2.22. The molecule has 6 nitrogen and oxygen atoms in total. The van der Waals surface area contributed by atoms with Crippen LogP contribution in [-0.2, 0) is 11.3 Å². The molecule has 0 bridgehead atoms. The van der Waals surface area contributed by atoms with E-state index in [1.807, 2.05) is 30.3 Å². The van der Waals surface area contributed by atoms with Gasteiger partial charge in [0.05, 0.1) is 13.2 Å². The summed E-state index contributed by atoms with van der Waals surface area (Å²) < 4.78 is 16.3. The highest BCUT2D eigenvalue weighted by Gasteiger charge is 2.15. The van der Waals surface area contributed by atoms with E-state index in [9.17, 15) is 4.79 Å². The Bertz CT molecular complexity index is 640. The molecule has 3 rings (SSSR count). The van der Waals surface area contributed by atoms with Crippen molar-refractivity contribution in [1.82, 2.24) is 10.3 Å². The topological polar surface area (TPSA) is 69.7 Å². The third-order valence-electron chi connectivity index (χ3n) is 3.64. The molecule has 1 aliphatic rings. The molecule has 1 amide bonds. The quantitative estimate of drug-likeness (QED) is 0.914. The van der Waals surface area contributed by atoms with Gasteiger partial charge in [-0.05, 0) is 17.7 Å². The Morgan fingerprint density at radius 3 is 2.67 bits per heavy atom. The molecule has 24 heavy (non-hydrogen) atoms. The van der Waals surface area contributed by atoms with E-state index in [0.717, 1.165) is 31.6 Å². The van der Waals surface area contributed by atoms with Crippen molar-refractivity contribution in [3.05, 3.63) is 54.2 Å². The molecule has 1 saturated heterocycles. The minimum absolute atomic E-state index is 0.163. The maximum Gasteiger partial charge on any atom is 0.412 e. The summed E-state index contributed by atoms with van der Waals surface area (Å²) in [7, 11) is 0. The molecule has 1 aromatic carbocycles. The Kier molecular flexibility index (Phi) is 5.63. The maximum absolute atomic E-state index is 11.7. The van der Waals surface area contributed by atoms with Crippen molar-refractivity contribution in [2.75, 3.05) is 13.2 Å². The minimum atomic E-state index is -0.497. The summed E-state index contributed by atoms with van der Waals surface area (Å²) in [6, 6.07) is 12.6. The second-order valence-corrected chi connectivity index (χ2v) is 5.49. The summed E-state index contributed by atoms with van der Waals surface area (Å²) in [4.78, 5) is 16.0. The third-order valence-corrected chi connectivity index (χ3v) is 3.64. The Morgan fingerprint density at radius 1 is 1.17 bits per heavy atom. The van der Waals surface area contributed by atoms with Crippen LogP contribution in [0.4, 0.5) is 4.79 Å². The molecule has 0 atom stereocenters. The van der Waals surface area contributed by atoms with E-state index in [1.54, 1.807) is 18.3 Å². The van der Waals surface area contributed by atoms with Crippen LogP contribution in [0.3, 0.4) is 0 Å². The van der Waals surface area contributed by atoms with Gasteiger partial charge in [0.15, 0.2) is 0 Å². The van der Waals surface area contributed by atoms with Gasteiger partial charge in [0.1, 0.15) is 11.9 Å². The lowest BCUT2D eigenvalue weighted by atomic mass is 10.1. The average Bonchev–Trinajstić information content (AvgIpc) is 2.63. The van der Waals surface area contributed by atoms with Gasteiger partial charge in [0.2, 0.25) is 5.88 Å². The molecule has 0 spiro atoms. The molecule has 0 unspecified atom stereocenters. The highest BCUT2D eigenvalue weighted by atomic mass is 16.6. The molecular formula is C18H20N2O4. The van der Waals surface area contributed by atoms with Gasteiger partial charge in [-0.25, -0.2) is 9.78 Å². The Balaban J connectivity index is 1.44. The summed E-state index contributed by atoms with van der Waals surface area (Å²) in [5.41, 5.74) is 0.874. The van der Waals surface area contributed by atoms with Crippen molar-refractivity contribution >= 4 is 6.09 Å². The van der Waals surface area contributed by atoms with Gasteiger partial charge in [-0.3, -0.25) is 0 Å². The van der Waals surface area contributed by atoms with Gasteiger partial charge in [-0.2, -0.15) is 0 Å². The first kappa shape index (κ1) is 16.3. The zero-order chi connectivity index (χ0) is 16.6. The molecule has 2 heterocycles. The number of carbonyl (C=O) groups excluding carboxylic acids is 1. The first-order valence-electron chi connectivity index (χ1n) is 8.00. The van der Waals surface area contributed by atoms with Gasteiger partial charge in [0.25, 0.3) is 0 Å². The number of carbonyl (C=O) groups is 1. The fourth-order valence-electron chi connectivity index (χ4n) is 2.36.